The highest BCUT2D eigenvalue weighted by molar-refractivity contribution is 6.42. The molecule has 2 saturated heterocycles. The van der Waals surface area contributed by atoms with E-state index in [9.17, 15) is 30.6 Å². The molecule has 0 aromatic rings. The standard InChI is InChI=1S/C45H77N3O8/c1-5-6-7-8-11-29-26-56-40-30(29)12-9-10-18-45(40,55)42(4,53)35-17-21-44(54)37-31(16-19-41(35,44)3)43(20-15-28-13-14-36(46)47-25-28)23-34(51)33(50)22-32(43)39(52)38(37)48-24-27(2)49/h27-37,40,47,49-51,53-55H,5-26,46H2,1-4H3. The third-order valence-electron chi connectivity index (χ3n) is 17.7. The summed E-state index contributed by atoms with van der Waals surface area (Å²) >= 11 is 0. The zero-order valence-electron chi connectivity index (χ0n) is 35.0. The first-order chi connectivity index (χ1) is 26.5. The fourth-order valence-electron chi connectivity index (χ4n) is 14.5. The number of aliphatic hydroxyl groups excluding tert-OH is 3. The Morgan fingerprint density at radius 1 is 1.02 bits per heavy atom. The molecule has 7 rings (SSSR count). The molecule has 0 radical (unpaired) electrons. The Kier molecular flexibility index (Phi) is 12.7. The molecule has 17 unspecified atom stereocenters. The van der Waals surface area contributed by atoms with Crippen LogP contribution in [-0.4, -0.2) is 109 Å². The lowest BCUT2D eigenvalue weighted by Crippen LogP contribution is -2.72. The first-order valence-electron chi connectivity index (χ1n) is 22.9. The summed E-state index contributed by atoms with van der Waals surface area (Å²) in [5.41, 5.74) is 0.426. The number of carbonyl (C=O) groups is 1. The highest BCUT2D eigenvalue weighted by Crippen LogP contribution is 2.71. The average molecular weight is 788 g/mol. The number of ether oxygens (including phenoxy) is 1. The molecule has 9 N–H and O–H groups in total. The Balaban J connectivity index is 1.24. The molecule has 0 amide bonds. The van der Waals surface area contributed by atoms with Gasteiger partial charge < -0.3 is 46.4 Å². The Morgan fingerprint density at radius 2 is 1.80 bits per heavy atom. The van der Waals surface area contributed by atoms with Gasteiger partial charge in [-0.15, -0.1) is 0 Å². The number of nitrogens with one attached hydrogen (secondary N) is 1. The van der Waals surface area contributed by atoms with Gasteiger partial charge in [-0.1, -0.05) is 52.4 Å². The van der Waals surface area contributed by atoms with E-state index in [1.54, 1.807) is 13.8 Å². The number of nitrogens with two attached hydrogens (primary N) is 1. The molecule has 2 heterocycles. The minimum atomic E-state index is -1.58. The van der Waals surface area contributed by atoms with Crippen molar-refractivity contribution in [1.29, 1.82) is 0 Å². The van der Waals surface area contributed by atoms with Gasteiger partial charge in [0.2, 0.25) is 0 Å². The number of carbonyl (C=O) groups excluding carboxylic acids is 1. The van der Waals surface area contributed by atoms with Crippen molar-refractivity contribution in [3.63, 3.8) is 0 Å². The number of aliphatic hydroxyl groups is 6. The average Bonchev–Trinajstić information content (AvgIpc) is 3.64. The van der Waals surface area contributed by atoms with Crippen molar-refractivity contribution in [2.24, 2.45) is 63.0 Å². The molecule has 56 heavy (non-hydrogen) atoms. The fraction of sp³-hybridized carbons (Fsp3) is 0.956. The number of unbranched alkanes of at least 4 members (excludes halogenated alkanes) is 3. The van der Waals surface area contributed by atoms with Gasteiger partial charge in [-0.25, -0.2) is 0 Å². The summed E-state index contributed by atoms with van der Waals surface area (Å²) in [5, 5.41) is 76.0. The van der Waals surface area contributed by atoms with Crippen molar-refractivity contribution in [2.45, 2.75) is 197 Å². The molecule has 7 fully saturated rings. The summed E-state index contributed by atoms with van der Waals surface area (Å²) in [6.45, 7) is 9.17. The van der Waals surface area contributed by atoms with Crippen LogP contribution in [0.2, 0.25) is 0 Å². The number of rotatable bonds is 12. The van der Waals surface area contributed by atoms with Crippen molar-refractivity contribution < 1.29 is 40.2 Å². The van der Waals surface area contributed by atoms with E-state index in [4.69, 9.17) is 15.5 Å². The smallest absolute Gasteiger partial charge is 0.180 e. The van der Waals surface area contributed by atoms with Crippen molar-refractivity contribution >= 4 is 11.5 Å². The highest BCUT2D eigenvalue weighted by atomic mass is 16.5. The maximum Gasteiger partial charge on any atom is 0.180 e. The first-order valence-corrected chi connectivity index (χ1v) is 22.9. The summed E-state index contributed by atoms with van der Waals surface area (Å²) in [4.78, 5) is 19.9. The Bertz CT molecular complexity index is 1420. The van der Waals surface area contributed by atoms with Crippen molar-refractivity contribution in [3.05, 3.63) is 0 Å². The normalized spacial score (nSPS) is 49.0. The van der Waals surface area contributed by atoms with Gasteiger partial charge in [0.15, 0.2) is 5.78 Å². The van der Waals surface area contributed by atoms with E-state index in [0.717, 1.165) is 57.9 Å². The SMILES string of the molecule is CCCCCCC1COC2C1CCCCC2(O)C(C)(O)C1CCC2(O)C3C(=NCC(C)O)C(=O)C4CC(O)C(O)CC4(CCC4CCC(N)NC4)C3CCC12C. The molecule has 17 atom stereocenters. The molecule has 5 aliphatic carbocycles. The van der Waals surface area contributed by atoms with Gasteiger partial charge in [0, 0.05) is 17.3 Å². The largest absolute Gasteiger partial charge is 0.391 e. The van der Waals surface area contributed by atoms with Crippen LogP contribution in [0.15, 0.2) is 4.99 Å². The fourth-order valence-corrected chi connectivity index (χ4v) is 14.5. The van der Waals surface area contributed by atoms with Gasteiger partial charge in [-0.05, 0) is 139 Å². The molecule has 0 aromatic carbocycles. The summed E-state index contributed by atoms with van der Waals surface area (Å²) in [6.07, 6.45) is 11.6. The molecule has 0 aromatic heterocycles. The van der Waals surface area contributed by atoms with Crippen LogP contribution in [-0.2, 0) is 9.53 Å². The minimum absolute atomic E-state index is 0.0194. The van der Waals surface area contributed by atoms with E-state index in [-0.39, 0.29) is 43.2 Å². The number of nitrogens with zero attached hydrogens (tertiary/aromatic N) is 1. The van der Waals surface area contributed by atoms with Gasteiger partial charge >= 0.3 is 0 Å². The zero-order chi connectivity index (χ0) is 40.3. The van der Waals surface area contributed by atoms with Crippen LogP contribution in [0.5, 0.6) is 0 Å². The number of hydrogen-bond acceptors (Lipinski definition) is 11. The molecular weight excluding hydrogens is 711 g/mol. The zero-order valence-corrected chi connectivity index (χ0v) is 35.0. The monoisotopic (exact) mass is 788 g/mol. The number of ketones is 1. The summed E-state index contributed by atoms with van der Waals surface area (Å²) in [7, 11) is 0. The molecule has 5 saturated carbocycles. The molecule has 2 aliphatic heterocycles. The molecule has 320 valence electrons. The van der Waals surface area contributed by atoms with E-state index < -0.39 is 69.8 Å². The number of Topliss-reactive ketones (excluding diaryl/α,β-unsaturated/α-hetero) is 1. The molecule has 11 heteroatoms. The lowest BCUT2D eigenvalue weighted by molar-refractivity contribution is -0.258. The van der Waals surface area contributed by atoms with E-state index >= 15 is 4.79 Å². The van der Waals surface area contributed by atoms with Crippen LogP contribution in [0.3, 0.4) is 0 Å². The molecule has 7 aliphatic rings. The number of hydrogen-bond donors (Lipinski definition) is 8. The molecular formula is C45H77N3O8. The maximum atomic E-state index is 15.0. The van der Waals surface area contributed by atoms with E-state index in [2.05, 4.69) is 19.2 Å². The van der Waals surface area contributed by atoms with Crippen LogP contribution < -0.4 is 11.1 Å². The van der Waals surface area contributed by atoms with Crippen molar-refractivity contribution in [2.75, 3.05) is 19.7 Å². The van der Waals surface area contributed by atoms with Crippen LogP contribution in [0.4, 0.5) is 0 Å². The Labute approximate surface area is 336 Å². The Hall–Kier alpha value is -1.02. The first kappa shape index (κ1) is 43.1. The van der Waals surface area contributed by atoms with Crippen LogP contribution in [0.1, 0.15) is 150 Å². The summed E-state index contributed by atoms with van der Waals surface area (Å²) in [6, 6.07) is 0. The quantitative estimate of drug-likeness (QED) is 0.131. The summed E-state index contributed by atoms with van der Waals surface area (Å²) < 4.78 is 6.59. The van der Waals surface area contributed by atoms with E-state index in [1.807, 2.05) is 0 Å². The third-order valence-corrected chi connectivity index (χ3v) is 17.7. The predicted molar refractivity (Wildman–Crippen MR) is 216 cm³/mol. The molecule has 0 spiro atoms. The Morgan fingerprint density at radius 3 is 2.52 bits per heavy atom. The van der Waals surface area contributed by atoms with E-state index in [0.29, 0.717) is 62.7 Å². The third kappa shape index (κ3) is 7.10. The number of piperidine rings is 1. The highest BCUT2D eigenvalue weighted by Gasteiger charge is 2.75. The second-order valence-electron chi connectivity index (χ2n) is 20.7. The van der Waals surface area contributed by atoms with Gasteiger partial charge in [0.1, 0.15) is 5.60 Å². The second-order valence-corrected chi connectivity index (χ2v) is 20.7. The number of fused-ring (bicyclic) bond motifs is 6. The maximum absolute atomic E-state index is 15.0. The van der Waals surface area contributed by atoms with Gasteiger partial charge in [0.05, 0.1) is 60.6 Å². The topological polar surface area (TPSA) is 198 Å². The van der Waals surface area contributed by atoms with E-state index in [1.165, 1.54) is 19.3 Å². The lowest BCUT2D eigenvalue weighted by Gasteiger charge is -2.65. The minimum Gasteiger partial charge on any atom is -0.391 e. The summed E-state index contributed by atoms with van der Waals surface area (Å²) in [5.74, 6) is -1.17. The van der Waals surface area contributed by atoms with Gasteiger partial charge in [0.25, 0.3) is 0 Å². The van der Waals surface area contributed by atoms with Crippen molar-refractivity contribution in [1.82, 2.24) is 5.32 Å². The molecule has 0 bridgehead atoms. The van der Waals surface area contributed by atoms with Gasteiger partial charge in [-0.3, -0.25) is 9.79 Å². The van der Waals surface area contributed by atoms with Crippen LogP contribution >= 0.6 is 0 Å². The lowest BCUT2D eigenvalue weighted by atomic mass is 9.40. The van der Waals surface area contributed by atoms with Crippen LogP contribution in [0.25, 0.3) is 0 Å². The van der Waals surface area contributed by atoms with Crippen LogP contribution in [0, 0.1) is 52.3 Å². The van der Waals surface area contributed by atoms with Gasteiger partial charge in [-0.2, -0.15) is 0 Å². The number of aliphatic imine (C=N–C) groups is 1. The van der Waals surface area contributed by atoms with Crippen molar-refractivity contribution in [3.8, 4) is 0 Å². The predicted octanol–water partition coefficient (Wildman–Crippen LogP) is 4.41. The molecule has 11 nitrogen and oxygen atoms in total. The second kappa shape index (κ2) is 16.4.